The summed E-state index contributed by atoms with van der Waals surface area (Å²) in [5, 5.41) is 0. The maximum absolute atomic E-state index is 5.80. The Labute approximate surface area is 119 Å². The molecule has 19 heavy (non-hydrogen) atoms. The van der Waals surface area contributed by atoms with Crippen molar-refractivity contribution >= 4 is 20.6 Å². The molecule has 3 rings (SSSR count). The van der Waals surface area contributed by atoms with Crippen LogP contribution in [-0.2, 0) is 29.1 Å². The van der Waals surface area contributed by atoms with Gasteiger partial charge in [0.05, 0.1) is 0 Å². The van der Waals surface area contributed by atoms with Gasteiger partial charge in [-0.25, -0.2) is 0 Å². The first-order chi connectivity index (χ1) is 9.43. The van der Waals surface area contributed by atoms with Gasteiger partial charge in [0.25, 0.3) is 0 Å². The maximum atomic E-state index is 5.80. The second-order valence-electron chi connectivity index (χ2n) is 4.54. The van der Waals surface area contributed by atoms with Crippen molar-refractivity contribution in [3.63, 3.8) is 0 Å². The Kier molecular flexibility index (Phi) is 4.19. The fourth-order valence-electron chi connectivity index (χ4n) is 2.15. The minimum atomic E-state index is 0.498. The van der Waals surface area contributed by atoms with Crippen molar-refractivity contribution in [2.75, 3.05) is 6.61 Å². The molecule has 2 aromatic rings. The topological polar surface area (TPSA) is 18.5 Å². The minimum absolute atomic E-state index is 0.498. The number of benzene rings is 1. The van der Waals surface area contributed by atoms with E-state index in [1.807, 2.05) is 18.4 Å². The van der Waals surface area contributed by atoms with Crippen LogP contribution in [0.1, 0.15) is 22.3 Å². The molecular formula is C16H16O2Se. The molecule has 0 radical (unpaired) electrons. The summed E-state index contributed by atoms with van der Waals surface area (Å²) in [7, 11) is 0. The van der Waals surface area contributed by atoms with Crippen LogP contribution < -0.4 is 0 Å². The molecule has 0 amide bonds. The Balaban J connectivity index is 1.81. The predicted octanol–water partition coefficient (Wildman–Crippen LogP) is 3.00. The van der Waals surface area contributed by atoms with Gasteiger partial charge in [0, 0.05) is 0 Å². The van der Waals surface area contributed by atoms with E-state index in [1.165, 1.54) is 22.3 Å². The SMILES string of the molecule is C1=C/c2c[se]cc2CCOCc2ccccc2CO/1. The van der Waals surface area contributed by atoms with Crippen LogP contribution in [0, 0.1) is 0 Å². The summed E-state index contributed by atoms with van der Waals surface area (Å²) >= 11 is 0.498. The van der Waals surface area contributed by atoms with Gasteiger partial charge in [0.1, 0.15) is 0 Å². The first-order valence-electron chi connectivity index (χ1n) is 6.41. The van der Waals surface area contributed by atoms with Gasteiger partial charge in [0.15, 0.2) is 0 Å². The molecule has 0 unspecified atom stereocenters. The van der Waals surface area contributed by atoms with Crippen LogP contribution in [0.25, 0.3) is 6.08 Å². The summed E-state index contributed by atoms with van der Waals surface area (Å²) in [6.07, 6.45) is 4.88. The summed E-state index contributed by atoms with van der Waals surface area (Å²) < 4.78 is 11.4. The molecule has 0 spiro atoms. The first-order valence-corrected chi connectivity index (χ1v) is 8.39. The van der Waals surface area contributed by atoms with Crippen LogP contribution in [0.5, 0.6) is 0 Å². The van der Waals surface area contributed by atoms with Crippen molar-refractivity contribution in [2.24, 2.45) is 0 Å². The van der Waals surface area contributed by atoms with Crippen LogP contribution >= 0.6 is 0 Å². The third-order valence-electron chi connectivity index (χ3n) is 3.25. The summed E-state index contributed by atoms with van der Waals surface area (Å²) in [5.41, 5.74) is 5.12. The monoisotopic (exact) mass is 320 g/mol. The molecule has 0 N–H and O–H groups in total. The second-order valence-corrected chi connectivity index (χ2v) is 6.10. The van der Waals surface area contributed by atoms with Crippen molar-refractivity contribution in [1.82, 2.24) is 0 Å². The molecule has 1 aliphatic rings. The summed E-state index contributed by atoms with van der Waals surface area (Å²) in [5.74, 6) is 0. The fourth-order valence-corrected chi connectivity index (χ4v) is 3.96. The van der Waals surface area contributed by atoms with Crippen molar-refractivity contribution in [1.29, 1.82) is 0 Å². The number of fused-ring (bicyclic) bond motifs is 2. The van der Waals surface area contributed by atoms with E-state index < -0.39 is 0 Å². The average molecular weight is 319 g/mol. The van der Waals surface area contributed by atoms with Gasteiger partial charge in [-0.2, -0.15) is 0 Å². The zero-order valence-corrected chi connectivity index (χ0v) is 12.4. The number of hydrogen-bond acceptors (Lipinski definition) is 2. The van der Waals surface area contributed by atoms with E-state index in [9.17, 15) is 0 Å². The van der Waals surface area contributed by atoms with E-state index in [0.29, 0.717) is 27.7 Å². The summed E-state index contributed by atoms with van der Waals surface area (Å²) in [6.45, 7) is 2.05. The molecule has 0 bridgehead atoms. The zero-order chi connectivity index (χ0) is 12.9. The van der Waals surface area contributed by atoms with Crippen LogP contribution in [0.4, 0.5) is 0 Å². The van der Waals surface area contributed by atoms with Crippen LogP contribution in [0.3, 0.4) is 0 Å². The Morgan fingerprint density at radius 2 is 1.79 bits per heavy atom. The fraction of sp³-hybridized carbons (Fsp3) is 0.250. The summed E-state index contributed by atoms with van der Waals surface area (Å²) in [6, 6.07) is 8.30. The van der Waals surface area contributed by atoms with Crippen LogP contribution in [-0.4, -0.2) is 21.1 Å². The van der Waals surface area contributed by atoms with E-state index in [0.717, 1.165) is 13.0 Å². The van der Waals surface area contributed by atoms with E-state index >= 15 is 0 Å². The van der Waals surface area contributed by atoms with E-state index in [2.05, 4.69) is 28.1 Å². The van der Waals surface area contributed by atoms with Gasteiger partial charge in [0.2, 0.25) is 0 Å². The average Bonchev–Trinajstić information content (AvgIpc) is 2.87. The molecular weight excluding hydrogens is 303 g/mol. The van der Waals surface area contributed by atoms with E-state index in [-0.39, 0.29) is 0 Å². The van der Waals surface area contributed by atoms with Crippen molar-refractivity contribution in [2.45, 2.75) is 19.6 Å². The molecule has 2 nitrogen and oxygen atoms in total. The quantitative estimate of drug-likeness (QED) is 0.695. The van der Waals surface area contributed by atoms with Gasteiger partial charge >= 0.3 is 119 Å². The van der Waals surface area contributed by atoms with Gasteiger partial charge in [-0.05, 0) is 0 Å². The molecule has 0 aliphatic carbocycles. The number of hydrogen-bond donors (Lipinski definition) is 0. The molecule has 0 atom stereocenters. The van der Waals surface area contributed by atoms with Gasteiger partial charge in [-0.3, -0.25) is 0 Å². The Morgan fingerprint density at radius 3 is 2.68 bits per heavy atom. The molecule has 0 saturated carbocycles. The molecule has 1 aromatic carbocycles. The van der Waals surface area contributed by atoms with Gasteiger partial charge in [-0.1, -0.05) is 0 Å². The zero-order valence-electron chi connectivity index (χ0n) is 10.7. The first kappa shape index (κ1) is 12.7. The molecule has 3 heteroatoms. The van der Waals surface area contributed by atoms with E-state index in [1.54, 1.807) is 0 Å². The number of rotatable bonds is 0. The van der Waals surface area contributed by atoms with E-state index in [4.69, 9.17) is 9.47 Å². The number of ether oxygens (including phenoxy) is 2. The van der Waals surface area contributed by atoms with Crippen molar-refractivity contribution < 1.29 is 9.47 Å². The third kappa shape index (κ3) is 3.19. The Morgan fingerprint density at radius 1 is 0.947 bits per heavy atom. The third-order valence-corrected chi connectivity index (χ3v) is 4.95. The molecule has 98 valence electrons. The molecule has 0 fully saturated rings. The summed E-state index contributed by atoms with van der Waals surface area (Å²) in [4.78, 5) is 4.62. The van der Waals surface area contributed by atoms with Gasteiger partial charge in [-0.15, -0.1) is 0 Å². The molecule has 1 aliphatic heterocycles. The molecule has 1 aromatic heterocycles. The van der Waals surface area contributed by atoms with Crippen LogP contribution in [0.2, 0.25) is 0 Å². The van der Waals surface area contributed by atoms with Crippen LogP contribution in [0.15, 0.2) is 40.4 Å². The normalized spacial score (nSPS) is 17.3. The standard InChI is InChI=1S/C16H16O2Se/c1-2-4-14-10-18-8-6-16-12-19-11-15(16)5-7-17-9-13(14)3-1/h1-5,7,11-12H,6,8-10H2/b7-5+. The van der Waals surface area contributed by atoms with Gasteiger partial charge < -0.3 is 0 Å². The second kappa shape index (κ2) is 6.25. The molecule has 2 heterocycles. The van der Waals surface area contributed by atoms with Crippen molar-refractivity contribution in [3.8, 4) is 0 Å². The Bertz CT molecular complexity index is 572. The molecule has 0 saturated heterocycles. The Hall–Kier alpha value is -1.28. The predicted molar refractivity (Wildman–Crippen MR) is 77.0 cm³/mol. The van der Waals surface area contributed by atoms with Crippen molar-refractivity contribution in [3.05, 3.63) is 62.7 Å².